The predicted octanol–water partition coefficient (Wildman–Crippen LogP) is 6.07. The highest BCUT2D eigenvalue weighted by molar-refractivity contribution is 6.18. The molecule has 0 N–H and O–H groups in total. The Kier molecular flexibility index (Phi) is 8.18. The van der Waals surface area contributed by atoms with E-state index < -0.39 is 0 Å². The number of nitrogens with zero attached hydrogens (tertiary/aromatic N) is 3. The van der Waals surface area contributed by atoms with Crippen LogP contribution in [0.2, 0.25) is 0 Å². The number of anilines is 1. The van der Waals surface area contributed by atoms with Gasteiger partial charge in [0.05, 0.1) is 0 Å². The Labute approximate surface area is 178 Å². The molecular formula is C23H25Cl2N3. The molecule has 28 heavy (non-hydrogen) atoms. The fourth-order valence-electron chi connectivity index (χ4n) is 3.47. The number of hydrogen-bond acceptors (Lipinski definition) is 3. The summed E-state index contributed by atoms with van der Waals surface area (Å²) in [6, 6.07) is 12.3. The number of alkyl halides is 2. The van der Waals surface area contributed by atoms with Crippen LogP contribution in [0.4, 0.5) is 5.69 Å². The first-order chi connectivity index (χ1) is 13.4. The van der Waals surface area contributed by atoms with E-state index in [1.54, 1.807) is 0 Å². The predicted molar refractivity (Wildman–Crippen MR) is 118 cm³/mol. The Hall–Kier alpha value is -2.20. The summed E-state index contributed by atoms with van der Waals surface area (Å²) in [6.07, 6.45) is 7.79. The quantitative estimate of drug-likeness (QED) is 0.402. The van der Waals surface area contributed by atoms with Crippen LogP contribution in [-0.2, 0) is 0 Å². The first-order valence-corrected chi connectivity index (χ1v) is 10.4. The van der Waals surface area contributed by atoms with Gasteiger partial charge in [-0.05, 0) is 47.1 Å². The number of nitriles is 2. The fraction of sp³-hybridized carbons (Fsp3) is 0.391. The van der Waals surface area contributed by atoms with Gasteiger partial charge in [0, 0.05) is 30.5 Å². The van der Waals surface area contributed by atoms with Gasteiger partial charge < -0.3 is 4.90 Å². The highest BCUT2D eigenvalue weighted by Gasteiger charge is 2.26. The van der Waals surface area contributed by atoms with Crippen molar-refractivity contribution < 1.29 is 0 Å². The summed E-state index contributed by atoms with van der Waals surface area (Å²) in [5.41, 5.74) is 4.39. The smallest absolute Gasteiger partial charge is 0.132 e. The van der Waals surface area contributed by atoms with Crippen LogP contribution in [0.25, 0.3) is 6.08 Å². The average molecular weight is 414 g/mol. The van der Waals surface area contributed by atoms with Gasteiger partial charge in [0.1, 0.15) is 17.7 Å². The molecule has 3 nitrogen and oxygen atoms in total. The molecule has 0 fully saturated rings. The molecule has 0 unspecified atom stereocenters. The second-order valence-electron chi connectivity index (χ2n) is 7.65. The van der Waals surface area contributed by atoms with E-state index in [2.05, 4.69) is 55.2 Å². The van der Waals surface area contributed by atoms with E-state index in [4.69, 9.17) is 23.2 Å². The van der Waals surface area contributed by atoms with Crippen LogP contribution in [0.3, 0.4) is 0 Å². The molecule has 1 aromatic rings. The van der Waals surface area contributed by atoms with Crippen molar-refractivity contribution in [3.63, 3.8) is 0 Å². The van der Waals surface area contributed by atoms with Crippen molar-refractivity contribution in [3.05, 3.63) is 58.7 Å². The summed E-state index contributed by atoms with van der Waals surface area (Å²) in [6.45, 7) is 5.86. The van der Waals surface area contributed by atoms with E-state index in [-0.39, 0.29) is 11.0 Å². The molecular weight excluding hydrogens is 389 g/mol. The van der Waals surface area contributed by atoms with Gasteiger partial charge >= 0.3 is 0 Å². The Bertz CT molecular complexity index is 827. The number of rotatable bonds is 7. The van der Waals surface area contributed by atoms with Crippen molar-refractivity contribution in [1.29, 1.82) is 10.5 Å². The van der Waals surface area contributed by atoms with E-state index in [9.17, 15) is 10.5 Å². The van der Waals surface area contributed by atoms with Gasteiger partial charge in [-0.1, -0.05) is 44.2 Å². The lowest BCUT2D eigenvalue weighted by molar-refractivity contribution is 0.354. The first kappa shape index (κ1) is 22.1. The van der Waals surface area contributed by atoms with Crippen molar-refractivity contribution in [2.24, 2.45) is 5.41 Å². The van der Waals surface area contributed by atoms with Crippen LogP contribution in [0, 0.1) is 28.1 Å². The fourth-order valence-corrected chi connectivity index (χ4v) is 3.87. The lowest BCUT2D eigenvalue weighted by Crippen LogP contribution is -2.27. The van der Waals surface area contributed by atoms with Gasteiger partial charge in [0.15, 0.2) is 0 Å². The monoisotopic (exact) mass is 413 g/mol. The largest absolute Gasteiger partial charge is 0.369 e. The molecule has 1 aromatic carbocycles. The molecule has 0 saturated heterocycles. The van der Waals surface area contributed by atoms with Crippen LogP contribution in [0.15, 0.2) is 53.1 Å². The highest BCUT2D eigenvalue weighted by Crippen LogP contribution is 2.39. The lowest BCUT2D eigenvalue weighted by Gasteiger charge is -2.30. The summed E-state index contributed by atoms with van der Waals surface area (Å²) in [5, 5.41) is 18.4. The molecule has 2 rings (SSSR count). The minimum absolute atomic E-state index is 0.0240. The van der Waals surface area contributed by atoms with E-state index in [0.717, 1.165) is 48.3 Å². The molecule has 1 aliphatic carbocycles. The summed E-state index contributed by atoms with van der Waals surface area (Å²) in [5.74, 6) is 1.12. The van der Waals surface area contributed by atoms with Crippen LogP contribution >= 0.6 is 23.2 Å². The second-order valence-corrected chi connectivity index (χ2v) is 8.41. The van der Waals surface area contributed by atoms with Gasteiger partial charge in [-0.25, -0.2) is 0 Å². The minimum atomic E-state index is 0.0240. The second kappa shape index (κ2) is 10.4. The van der Waals surface area contributed by atoms with Crippen LogP contribution < -0.4 is 4.90 Å². The number of benzene rings is 1. The van der Waals surface area contributed by atoms with Gasteiger partial charge in [0.2, 0.25) is 0 Å². The molecule has 0 aromatic heterocycles. The molecule has 146 valence electrons. The third kappa shape index (κ3) is 6.16. The highest BCUT2D eigenvalue weighted by atomic mass is 35.5. The maximum Gasteiger partial charge on any atom is 0.132 e. The van der Waals surface area contributed by atoms with Crippen LogP contribution in [-0.4, -0.2) is 24.8 Å². The van der Waals surface area contributed by atoms with E-state index in [0.29, 0.717) is 11.8 Å². The number of hydrogen-bond donors (Lipinski definition) is 0. The molecule has 5 heteroatoms. The average Bonchev–Trinajstić information content (AvgIpc) is 2.66. The Morgan fingerprint density at radius 2 is 1.64 bits per heavy atom. The normalized spacial score (nSPS) is 15.6. The SMILES string of the molecule is CC1(C)CC(C=Cc2ccc(N(CCCl)CCCl)cc2)=CC(=C(C#N)C#N)C1. The zero-order valence-electron chi connectivity index (χ0n) is 16.4. The van der Waals surface area contributed by atoms with Crippen molar-refractivity contribution in [1.82, 2.24) is 0 Å². The molecule has 0 saturated carbocycles. The van der Waals surface area contributed by atoms with E-state index in [1.165, 1.54) is 0 Å². The molecule has 0 radical (unpaired) electrons. The van der Waals surface area contributed by atoms with Gasteiger partial charge in [-0.3, -0.25) is 0 Å². The van der Waals surface area contributed by atoms with Crippen molar-refractivity contribution >= 4 is 35.0 Å². The third-order valence-electron chi connectivity index (χ3n) is 4.71. The van der Waals surface area contributed by atoms with Crippen LogP contribution in [0.5, 0.6) is 0 Å². The minimum Gasteiger partial charge on any atom is -0.369 e. The zero-order chi connectivity index (χ0) is 20.6. The molecule has 0 heterocycles. The first-order valence-electron chi connectivity index (χ1n) is 9.31. The summed E-state index contributed by atoms with van der Waals surface area (Å²) in [4.78, 5) is 2.17. The van der Waals surface area contributed by atoms with Crippen molar-refractivity contribution in [2.45, 2.75) is 26.7 Å². The summed E-state index contributed by atoms with van der Waals surface area (Å²) < 4.78 is 0. The maximum absolute atomic E-state index is 9.19. The van der Waals surface area contributed by atoms with Gasteiger partial charge in [-0.15, -0.1) is 23.2 Å². The molecule has 1 aliphatic rings. The summed E-state index contributed by atoms with van der Waals surface area (Å²) in [7, 11) is 0. The van der Waals surface area contributed by atoms with Crippen molar-refractivity contribution in [2.75, 3.05) is 29.7 Å². The van der Waals surface area contributed by atoms with E-state index >= 15 is 0 Å². The number of allylic oxidation sites excluding steroid dienone is 5. The number of halogens is 2. The molecule has 0 atom stereocenters. The van der Waals surface area contributed by atoms with E-state index in [1.807, 2.05) is 18.2 Å². The Morgan fingerprint density at radius 1 is 1.04 bits per heavy atom. The maximum atomic E-state index is 9.19. The van der Waals surface area contributed by atoms with Crippen LogP contribution in [0.1, 0.15) is 32.3 Å². The topological polar surface area (TPSA) is 50.8 Å². The molecule has 0 aliphatic heterocycles. The zero-order valence-corrected chi connectivity index (χ0v) is 17.9. The molecule has 0 spiro atoms. The lowest BCUT2D eigenvalue weighted by atomic mass is 9.74. The molecule has 0 bridgehead atoms. The Balaban J connectivity index is 2.21. The van der Waals surface area contributed by atoms with Gasteiger partial charge in [0.25, 0.3) is 0 Å². The van der Waals surface area contributed by atoms with Gasteiger partial charge in [-0.2, -0.15) is 10.5 Å². The summed E-state index contributed by atoms with van der Waals surface area (Å²) >= 11 is 11.8. The third-order valence-corrected chi connectivity index (χ3v) is 5.05. The Morgan fingerprint density at radius 3 is 2.18 bits per heavy atom. The van der Waals surface area contributed by atoms with Crippen molar-refractivity contribution in [3.8, 4) is 12.1 Å². The standard InChI is InChI=1S/C23H25Cl2N3/c1-23(2)14-19(13-20(15-23)21(16-26)17-27)4-3-18-5-7-22(8-6-18)28(11-9-24)12-10-25/h3-8,13H,9-12,14-15H2,1-2H3. The molecule has 0 amide bonds.